The van der Waals surface area contributed by atoms with Crippen LogP contribution in [0, 0.1) is 0 Å². The molecule has 0 bridgehead atoms. The summed E-state index contributed by atoms with van der Waals surface area (Å²) in [5.74, 6) is 1.89. The first-order valence-electron chi connectivity index (χ1n) is 6.34. The number of nitrogens with one attached hydrogen (secondary N) is 2. The first kappa shape index (κ1) is 13.5. The van der Waals surface area contributed by atoms with E-state index >= 15 is 0 Å². The van der Waals surface area contributed by atoms with E-state index in [0.29, 0.717) is 12.0 Å². The standard InChI is InChI=1S/C12H23N5/c1-4-7-14-10-8-11(17-12(13)16-10)15-9(5-2)6-3/h8-9H,4-7H2,1-3H3,(H4,13,14,15,16,17). The van der Waals surface area contributed by atoms with Crippen molar-refractivity contribution in [3.63, 3.8) is 0 Å². The van der Waals surface area contributed by atoms with Gasteiger partial charge in [-0.1, -0.05) is 20.8 Å². The van der Waals surface area contributed by atoms with E-state index in [-0.39, 0.29) is 0 Å². The fourth-order valence-electron chi connectivity index (χ4n) is 1.59. The summed E-state index contributed by atoms with van der Waals surface area (Å²) in [5, 5.41) is 6.58. The molecule has 1 heterocycles. The Bertz CT molecular complexity index is 336. The van der Waals surface area contributed by atoms with Crippen molar-refractivity contribution in [2.24, 2.45) is 0 Å². The van der Waals surface area contributed by atoms with Crippen LogP contribution in [0.2, 0.25) is 0 Å². The second-order valence-corrected chi connectivity index (χ2v) is 4.08. The van der Waals surface area contributed by atoms with Gasteiger partial charge < -0.3 is 16.4 Å². The number of nitrogen functional groups attached to an aromatic ring is 1. The second kappa shape index (κ2) is 6.93. The molecule has 0 atom stereocenters. The van der Waals surface area contributed by atoms with Crippen molar-refractivity contribution in [2.45, 2.75) is 46.1 Å². The van der Waals surface area contributed by atoms with E-state index in [1.807, 2.05) is 6.07 Å². The maximum absolute atomic E-state index is 5.69. The Morgan fingerprint density at radius 2 is 1.82 bits per heavy atom. The Hall–Kier alpha value is -1.52. The number of hydrogen-bond acceptors (Lipinski definition) is 5. The lowest BCUT2D eigenvalue weighted by Gasteiger charge is -2.16. The lowest BCUT2D eigenvalue weighted by atomic mass is 10.2. The number of hydrogen-bond donors (Lipinski definition) is 3. The van der Waals surface area contributed by atoms with Gasteiger partial charge in [0.15, 0.2) is 0 Å². The molecule has 0 amide bonds. The van der Waals surface area contributed by atoms with Gasteiger partial charge in [0.25, 0.3) is 0 Å². The van der Waals surface area contributed by atoms with Crippen LogP contribution in [0.5, 0.6) is 0 Å². The van der Waals surface area contributed by atoms with E-state index in [1.165, 1.54) is 0 Å². The highest BCUT2D eigenvalue weighted by atomic mass is 15.1. The van der Waals surface area contributed by atoms with Crippen molar-refractivity contribution in [2.75, 3.05) is 22.9 Å². The SMILES string of the molecule is CCCNc1cc(NC(CC)CC)nc(N)n1. The van der Waals surface area contributed by atoms with E-state index < -0.39 is 0 Å². The quantitative estimate of drug-likeness (QED) is 0.679. The van der Waals surface area contributed by atoms with Crippen LogP contribution in [-0.2, 0) is 0 Å². The molecule has 5 nitrogen and oxygen atoms in total. The largest absolute Gasteiger partial charge is 0.370 e. The van der Waals surface area contributed by atoms with Crippen LogP contribution in [0.4, 0.5) is 17.6 Å². The average molecular weight is 237 g/mol. The smallest absolute Gasteiger partial charge is 0.223 e. The lowest BCUT2D eigenvalue weighted by molar-refractivity contribution is 0.668. The van der Waals surface area contributed by atoms with Crippen molar-refractivity contribution < 1.29 is 0 Å². The summed E-state index contributed by atoms with van der Waals surface area (Å²) < 4.78 is 0. The van der Waals surface area contributed by atoms with Crippen LogP contribution < -0.4 is 16.4 Å². The summed E-state index contributed by atoms with van der Waals surface area (Å²) in [6.07, 6.45) is 3.19. The monoisotopic (exact) mass is 237 g/mol. The molecule has 0 radical (unpaired) electrons. The van der Waals surface area contributed by atoms with E-state index in [0.717, 1.165) is 37.4 Å². The fraction of sp³-hybridized carbons (Fsp3) is 0.667. The molecule has 0 aliphatic heterocycles. The Kier molecular flexibility index (Phi) is 5.52. The highest BCUT2D eigenvalue weighted by Gasteiger charge is 2.06. The number of nitrogens with two attached hydrogens (primary N) is 1. The normalized spacial score (nSPS) is 10.6. The lowest BCUT2D eigenvalue weighted by Crippen LogP contribution is -2.18. The van der Waals surface area contributed by atoms with Crippen LogP contribution in [0.1, 0.15) is 40.0 Å². The molecule has 0 saturated carbocycles. The van der Waals surface area contributed by atoms with Crippen molar-refractivity contribution in [3.05, 3.63) is 6.07 Å². The molecule has 0 saturated heterocycles. The molecule has 0 spiro atoms. The second-order valence-electron chi connectivity index (χ2n) is 4.08. The molecule has 0 unspecified atom stereocenters. The van der Waals surface area contributed by atoms with Gasteiger partial charge in [0.2, 0.25) is 5.95 Å². The van der Waals surface area contributed by atoms with Crippen LogP contribution >= 0.6 is 0 Å². The zero-order chi connectivity index (χ0) is 12.7. The molecule has 17 heavy (non-hydrogen) atoms. The topological polar surface area (TPSA) is 75.9 Å². The minimum absolute atomic E-state index is 0.305. The predicted molar refractivity (Wildman–Crippen MR) is 73.2 cm³/mol. The number of anilines is 3. The summed E-state index contributed by atoms with van der Waals surface area (Å²) in [7, 11) is 0. The molecule has 1 aromatic rings. The van der Waals surface area contributed by atoms with Gasteiger partial charge in [0.05, 0.1) is 0 Å². The van der Waals surface area contributed by atoms with Crippen LogP contribution in [0.3, 0.4) is 0 Å². The van der Waals surface area contributed by atoms with E-state index in [4.69, 9.17) is 5.73 Å². The van der Waals surface area contributed by atoms with Gasteiger partial charge in [0, 0.05) is 18.7 Å². The third kappa shape index (κ3) is 4.46. The summed E-state index contributed by atoms with van der Waals surface area (Å²) in [5.41, 5.74) is 5.69. The number of nitrogens with zero attached hydrogens (tertiary/aromatic N) is 2. The summed E-state index contributed by atoms with van der Waals surface area (Å²) in [4.78, 5) is 8.34. The molecule has 0 aliphatic carbocycles. The summed E-state index contributed by atoms with van der Waals surface area (Å²) >= 11 is 0. The molecule has 0 aliphatic rings. The zero-order valence-corrected chi connectivity index (χ0v) is 11.0. The van der Waals surface area contributed by atoms with Crippen molar-refractivity contribution >= 4 is 17.6 Å². The Labute approximate surface area is 103 Å². The van der Waals surface area contributed by atoms with Gasteiger partial charge >= 0.3 is 0 Å². The maximum Gasteiger partial charge on any atom is 0.223 e. The van der Waals surface area contributed by atoms with Crippen molar-refractivity contribution in [1.82, 2.24) is 9.97 Å². The predicted octanol–water partition coefficient (Wildman–Crippen LogP) is 2.48. The third-order valence-corrected chi connectivity index (χ3v) is 2.64. The van der Waals surface area contributed by atoms with Gasteiger partial charge in [0.1, 0.15) is 11.6 Å². The molecule has 4 N–H and O–H groups in total. The van der Waals surface area contributed by atoms with Gasteiger partial charge in [-0.05, 0) is 19.3 Å². The number of aromatic nitrogens is 2. The molecular weight excluding hydrogens is 214 g/mol. The highest BCUT2D eigenvalue weighted by Crippen LogP contribution is 2.15. The minimum Gasteiger partial charge on any atom is -0.370 e. The molecule has 5 heteroatoms. The third-order valence-electron chi connectivity index (χ3n) is 2.64. The summed E-state index contributed by atoms with van der Waals surface area (Å²) in [6.45, 7) is 7.31. The Morgan fingerprint density at radius 3 is 2.41 bits per heavy atom. The Morgan fingerprint density at radius 1 is 1.18 bits per heavy atom. The first-order chi connectivity index (χ1) is 8.19. The molecule has 0 aromatic carbocycles. The highest BCUT2D eigenvalue weighted by molar-refractivity contribution is 5.51. The first-order valence-corrected chi connectivity index (χ1v) is 6.34. The molecule has 0 fully saturated rings. The zero-order valence-electron chi connectivity index (χ0n) is 11.0. The molecule has 1 aromatic heterocycles. The van der Waals surface area contributed by atoms with Gasteiger partial charge in [-0.15, -0.1) is 0 Å². The van der Waals surface area contributed by atoms with E-state index in [2.05, 4.69) is 41.4 Å². The van der Waals surface area contributed by atoms with E-state index in [9.17, 15) is 0 Å². The Balaban J connectivity index is 2.74. The average Bonchev–Trinajstić information content (AvgIpc) is 2.32. The van der Waals surface area contributed by atoms with Crippen molar-refractivity contribution in [1.29, 1.82) is 0 Å². The summed E-state index contributed by atoms with van der Waals surface area (Å²) in [6, 6.07) is 2.34. The van der Waals surface area contributed by atoms with E-state index in [1.54, 1.807) is 0 Å². The van der Waals surface area contributed by atoms with Crippen LogP contribution in [-0.4, -0.2) is 22.6 Å². The van der Waals surface area contributed by atoms with Crippen LogP contribution in [0.15, 0.2) is 6.07 Å². The fourth-order valence-corrected chi connectivity index (χ4v) is 1.59. The molecular formula is C12H23N5. The van der Waals surface area contributed by atoms with Crippen molar-refractivity contribution in [3.8, 4) is 0 Å². The van der Waals surface area contributed by atoms with Crippen LogP contribution in [0.25, 0.3) is 0 Å². The number of rotatable bonds is 7. The van der Waals surface area contributed by atoms with Gasteiger partial charge in [-0.3, -0.25) is 0 Å². The molecule has 96 valence electrons. The maximum atomic E-state index is 5.69. The van der Waals surface area contributed by atoms with Gasteiger partial charge in [-0.25, -0.2) is 0 Å². The molecule has 1 rings (SSSR count). The minimum atomic E-state index is 0.305. The van der Waals surface area contributed by atoms with Gasteiger partial charge in [-0.2, -0.15) is 9.97 Å².